The number of benzene rings is 1. The van der Waals surface area contributed by atoms with Gasteiger partial charge in [-0.2, -0.15) is 5.10 Å². The van der Waals surface area contributed by atoms with Gasteiger partial charge in [-0.05, 0) is 76.3 Å². The minimum absolute atomic E-state index is 0.0786. The lowest BCUT2D eigenvalue weighted by molar-refractivity contribution is -0.140. The molecule has 0 bridgehead atoms. The molecule has 11 nitrogen and oxygen atoms in total. The molecule has 1 saturated carbocycles. The highest BCUT2D eigenvalue weighted by Gasteiger charge is 2.36. The number of carbonyl (C=O) groups is 4. The SMILES string of the molecule is CCn1nccc1C(=O)N[C@H](C(=O)Nc1ccc([C@H](C)C(NC(=O)C(C)F)C(=O)N2CCN(C)[C@@H](C)C2)cc1F)C1CCC(C)CC1. The van der Waals surface area contributed by atoms with Crippen molar-refractivity contribution in [1.82, 2.24) is 30.2 Å². The normalized spacial score (nSPS) is 22.9. The summed E-state index contributed by atoms with van der Waals surface area (Å²) in [5.41, 5.74) is 0.653. The van der Waals surface area contributed by atoms with Crippen molar-refractivity contribution in [2.45, 2.75) is 97.1 Å². The highest BCUT2D eigenvalue weighted by molar-refractivity contribution is 6.00. The summed E-state index contributed by atoms with van der Waals surface area (Å²) in [4.78, 5) is 56.7. The fourth-order valence-corrected chi connectivity index (χ4v) is 6.44. The Morgan fingerprint density at radius 3 is 2.32 bits per heavy atom. The highest BCUT2D eigenvalue weighted by atomic mass is 19.1. The Morgan fingerprint density at radius 2 is 1.70 bits per heavy atom. The highest BCUT2D eigenvalue weighted by Crippen LogP contribution is 2.32. The van der Waals surface area contributed by atoms with Crippen molar-refractivity contribution in [3.63, 3.8) is 0 Å². The number of nitrogens with zero attached hydrogens (tertiary/aromatic N) is 4. The number of alkyl halides is 1. The number of rotatable bonds is 11. The van der Waals surface area contributed by atoms with Crippen LogP contribution in [-0.4, -0.2) is 94.2 Å². The zero-order valence-electron chi connectivity index (χ0n) is 28.3. The van der Waals surface area contributed by atoms with Gasteiger partial charge in [0, 0.05) is 44.3 Å². The molecule has 0 radical (unpaired) electrons. The molecule has 0 spiro atoms. The van der Waals surface area contributed by atoms with Crippen LogP contribution in [0.3, 0.4) is 0 Å². The number of anilines is 1. The molecule has 4 rings (SSSR count). The lowest BCUT2D eigenvalue weighted by atomic mass is 9.79. The van der Waals surface area contributed by atoms with E-state index in [1.807, 2.05) is 20.9 Å². The maximum absolute atomic E-state index is 15.7. The quantitative estimate of drug-likeness (QED) is 0.338. The van der Waals surface area contributed by atoms with Crippen molar-refractivity contribution in [2.24, 2.45) is 11.8 Å². The van der Waals surface area contributed by atoms with Crippen LogP contribution in [0, 0.1) is 17.7 Å². The van der Waals surface area contributed by atoms with Gasteiger partial charge in [0.05, 0.1) is 5.69 Å². The lowest BCUT2D eigenvalue weighted by Gasteiger charge is -2.40. The van der Waals surface area contributed by atoms with E-state index in [1.54, 1.807) is 28.6 Å². The van der Waals surface area contributed by atoms with Gasteiger partial charge in [0.1, 0.15) is 23.6 Å². The molecule has 1 saturated heterocycles. The number of likely N-dealkylation sites (N-methyl/N-ethyl adjacent to an activating group) is 1. The molecule has 1 aromatic carbocycles. The first-order chi connectivity index (χ1) is 22.3. The number of nitrogens with one attached hydrogen (secondary N) is 3. The third-order valence-electron chi connectivity index (χ3n) is 9.82. The molecule has 2 heterocycles. The first-order valence-electron chi connectivity index (χ1n) is 16.7. The topological polar surface area (TPSA) is 129 Å². The van der Waals surface area contributed by atoms with Crippen molar-refractivity contribution >= 4 is 29.3 Å². The van der Waals surface area contributed by atoms with Crippen molar-refractivity contribution in [3.05, 3.63) is 47.5 Å². The summed E-state index contributed by atoms with van der Waals surface area (Å²) in [6.07, 6.45) is 3.03. The van der Waals surface area contributed by atoms with E-state index in [-0.39, 0.29) is 23.6 Å². The maximum Gasteiger partial charge on any atom is 0.270 e. The molecule has 5 atom stereocenters. The molecule has 2 unspecified atom stereocenters. The predicted molar refractivity (Wildman–Crippen MR) is 175 cm³/mol. The van der Waals surface area contributed by atoms with E-state index in [9.17, 15) is 23.6 Å². The largest absolute Gasteiger partial charge is 0.341 e. The molecule has 1 aliphatic carbocycles. The van der Waals surface area contributed by atoms with Crippen LogP contribution in [0.4, 0.5) is 14.5 Å². The standard InChI is InChI=1S/C34H49F2N7O4/c1-7-43-28(14-15-37-43)32(45)40-30(24-10-8-20(2)9-11-24)33(46)38-27-13-12-25(18-26(27)36)22(4)29(39-31(44)23(5)35)34(47)42-17-16-41(6)21(3)19-42/h12-15,18,20-24,29-30H,7-11,16-17,19H2,1-6H3,(H,38,46)(H,39,44)(H,40,45)/t20?,21-,22-,23?,24?,29?,30-/m0/s1. The molecular weight excluding hydrogens is 608 g/mol. The summed E-state index contributed by atoms with van der Waals surface area (Å²) in [6.45, 7) is 10.8. The molecule has 258 valence electrons. The number of amides is 4. The Bertz CT molecular complexity index is 1420. The van der Waals surface area contributed by atoms with Crippen LogP contribution in [0.2, 0.25) is 0 Å². The second-order valence-corrected chi connectivity index (χ2v) is 13.2. The molecule has 13 heteroatoms. The van der Waals surface area contributed by atoms with E-state index in [1.165, 1.54) is 18.3 Å². The summed E-state index contributed by atoms with van der Waals surface area (Å²) in [5.74, 6) is -3.29. The summed E-state index contributed by atoms with van der Waals surface area (Å²) in [5, 5.41) is 12.3. The second-order valence-electron chi connectivity index (χ2n) is 13.2. The number of aryl methyl sites for hydroxylation is 1. The summed E-state index contributed by atoms with van der Waals surface area (Å²) < 4.78 is 31.1. The smallest absolute Gasteiger partial charge is 0.270 e. The average molecular weight is 658 g/mol. The molecule has 1 aromatic heterocycles. The van der Waals surface area contributed by atoms with Crippen molar-refractivity contribution in [3.8, 4) is 0 Å². The second kappa shape index (κ2) is 15.8. The van der Waals surface area contributed by atoms with Crippen molar-refractivity contribution < 1.29 is 28.0 Å². The van der Waals surface area contributed by atoms with E-state index in [0.717, 1.165) is 32.6 Å². The minimum atomic E-state index is -1.83. The van der Waals surface area contributed by atoms with Crippen LogP contribution >= 0.6 is 0 Å². The molecule has 2 aromatic rings. The first kappa shape index (κ1) is 36.0. The first-order valence-corrected chi connectivity index (χ1v) is 16.7. The number of hydrogen-bond acceptors (Lipinski definition) is 6. The zero-order valence-corrected chi connectivity index (χ0v) is 28.3. The molecular formula is C34H49F2N7O4. The van der Waals surface area contributed by atoms with Gasteiger partial charge in [0.2, 0.25) is 11.8 Å². The third-order valence-corrected chi connectivity index (χ3v) is 9.82. The fraction of sp³-hybridized carbons (Fsp3) is 0.618. The van der Waals surface area contributed by atoms with Crippen molar-refractivity contribution in [2.75, 3.05) is 32.0 Å². The van der Waals surface area contributed by atoms with Gasteiger partial charge in [0.15, 0.2) is 6.17 Å². The molecule has 4 amide bonds. The fourth-order valence-electron chi connectivity index (χ4n) is 6.44. The molecule has 3 N–H and O–H groups in total. The van der Waals surface area contributed by atoms with Crippen LogP contribution in [0.25, 0.3) is 0 Å². The lowest BCUT2D eigenvalue weighted by Crippen LogP contribution is -2.58. The molecule has 2 aliphatic rings. The molecule has 1 aliphatic heterocycles. The third kappa shape index (κ3) is 8.74. The number of halogens is 2. The van der Waals surface area contributed by atoms with Gasteiger partial charge in [-0.1, -0.05) is 32.8 Å². The Balaban J connectivity index is 1.53. The zero-order chi connectivity index (χ0) is 34.4. The van der Waals surface area contributed by atoms with Gasteiger partial charge < -0.3 is 25.8 Å². The van der Waals surface area contributed by atoms with E-state index < -0.39 is 47.7 Å². The van der Waals surface area contributed by atoms with E-state index in [4.69, 9.17) is 0 Å². The van der Waals surface area contributed by atoms with Gasteiger partial charge in [-0.15, -0.1) is 0 Å². The van der Waals surface area contributed by atoms with E-state index >= 15 is 4.39 Å². The van der Waals surface area contributed by atoms with Crippen LogP contribution in [-0.2, 0) is 20.9 Å². The monoisotopic (exact) mass is 657 g/mol. The van der Waals surface area contributed by atoms with Crippen LogP contribution in [0.5, 0.6) is 0 Å². The summed E-state index contributed by atoms with van der Waals surface area (Å²) in [7, 11) is 1.97. The van der Waals surface area contributed by atoms with Gasteiger partial charge in [-0.25, -0.2) is 8.78 Å². The number of aromatic nitrogens is 2. The van der Waals surface area contributed by atoms with E-state index in [2.05, 4.69) is 32.9 Å². The van der Waals surface area contributed by atoms with Crippen LogP contribution in [0.1, 0.15) is 82.3 Å². The Labute approximate surface area is 275 Å². The Hall–Kier alpha value is -3.87. The van der Waals surface area contributed by atoms with Crippen molar-refractivity contribution in [1.29, 1.82) is 0 Å². The summed E-state index contributed by atoms with van der Waals surface area (Å²) >= 11 is 0. The minimum Gasteiger partial charge on any atom is -0.341 e. The number of carbonyl (C=O) groups excluding carboxylic acids is 4. The maximum atomic E-state index is 15.7. The Morgan fingerprint density at radius 1 is 1.00 bits per heavy atom. The van der Waals surface area contributed by atoms with Gasteiger partial charge >= 0.3 is 0 Å². The van der Waals surface area contributed by atoms with Crippen LogP contribution in [0.15, 0.2) is 30.5 Å². The molecule has 47 heavy (non-hydrogen) atoms. The van der Waals surface area contributed by atoms with Gasteiger partial charge in [-0.3, -0.25) is 23.9 Å². The molecule has 2 fully saturated rings. The Kier molecular flexibility index (Phi) is 12.1. The predicted octanol–water partition coefficient (Wildman–Crippen LogP) is 3.71. The summed E-state index contributed by atoms with van der Waals surface area (Å²) in [6, 6.07) is 3.88. The average Bonchev–Trinajstić information content (AvgIpc) is 3.53. The number of piperazine rings is 1. The number of hydrogen-bond donors (Lipinski definition) is 3. The van der Waals surface area contributed by atoms with Gasteiger partial charge in [0.25, 0.3) is 11.8 Å². The van der Waals surface area contributed by atoms with Crippen LogP contribution < -0.4 is 16.0 Å². The van der Waals surface area contributed by atoms with E-state index in [0.29, 0.717) is 43.4 Å².